The van der Waals surface area contributed by atoms with Gasteiger partial charge in [0.2, 0.25) is 5.91 Å². The lowest BCUT2D eigenvalue weighted by atomic mass is 9.95. The Hall–Kier alpha value is -1.42. The normalized spacial score (nSPS) is 18.8. The highest BCUT2D eigenvalue weighted by Crippen LogP contribution is 2.20. The molecule has 1 amide bonds. The van der Waals surface area contributed by atoms with Crippen LogP contribution in [0.25, 0.3) is 0 Å². The maximum atomic E-state index is 12.6. The lowest BCUT2D eigenvalue weighted by Gasteiger charge is -2.36. The molecular weight excluding hydrogens is 457 g/mol. The Labute approximate surface area is 178 Å². The Bertz CT molecular complexity index is 641. The minimum Gasteiger partial charge on any atom is -0.378 e. The van der Waals surface area contributed by atoms with Crippen molar-refractivity contribution in [2.24, 2.45) is 10.9 Å². The van der Waals surface area contributed by atoms with Gasteiger partial charge in [0.05, 0.1) is 25.5 Å². The summed E-state index contributed by atoms with van der Waals surface area (Å²) in [6.45, 7) is 7.20. The number of hydrogen-bond donors (Lipinski definition) is 1. The van der Waals surface area contributed by atoms with Crippen molar-refractivity contribution in [2.45, 2.75) is 26.3 Å². The molecule has 7 nitrogen and oxygen atoms in total. The number of morpholine rings is 1. The van der Waals surface area contributed by atoms with Crippen LogP contribution in [0.15, 0.2) is 23.3 Å². The zero-order valence-corrected chi connectivity index (χ0v) is 18.5. The summed E-state index contributed by atoms with van der Waals surface area (Å²) in [5, 5.41) is 3.41. The van der Waals surface area contributed by atoms with Gasteiger partial charge >= 0.3 is 0 Å². The lowest BCUT2D eigenvalue weighted by molar-refractivity contribution is -0.140. The van der Waals surface area contributed by atoms with E-state index in [0.29, 0.717) is 25.7 Å². The molecule has 2 fully saturated rings. The summed E-state index contributed by atoms with van der Waals surface area (Å²) >= 11 is 0. The molecular formula is C19H30IN5O2. The summed E-state index contributed by atoms with van der Waals surface area (Å²) in [6.07, 6.45) is 3.56. The van der Waals surface area contributed by atoms with E-state index in [1.165, 1.54) is 5.56 Å². The van der Waals surface area contributed by atoms with E-state index in [2.05, 4.69) is 33.2 Å². The van der Waals surface area contributed by atoms with Gasteiger partial charge < -0.3 is 19.9 Å². The Morgan fingerprint density at radius 1 is 1.26 bits per heavy atom. The molecule has 0 aliphatic carbocycles. The van der Waals surface area contributed by atoms with Gasteiger partial charge in [0.25, 0.3) is 0 Å². The molecule has 0 bridgehead atoms. The minimum atomic E-state index is 0. The van der Waals surface area contributed by atoms with Crippen molar-refractivity contribution in [1.82, 2.24) is 20.1 Å². The summed E-state index contributed by atoms with van der Waals surface area (Å²) in [5.74, 6) is 1.30. The monoisotopic (exact) mass is 487 g/mol. The van der Waals surface area contributed by atoms with E-state index in [4.69, 9.17) is 4.74 Å². The maximum absolute atomic E-state index is 12.6. The van der Waals surface area contributed by atoms with E-state index in [1.807, 2.05) is 17.2 Å². The summed E-state index contributed by atoms with van der Waals surface area (Å²) in [4.78, 5) is 25.7. The van der Waals surface area contributed by atoms with Crippen LogP contribution in [-0.2, 0) is 16.1 Å². The molecule has 3 heterocycles. The summed E-state index contributed by atoms with van der Waals surface area (Å²) in [6, 6.07) is 4.01. The highest BCUT2D eigenvalue weighted by Gasteiger charge is 2.30. The number of rotatable bonds is 3. The second-order valence-corrected chi connectivity index (χ2v) is 6.87. The van der Waals surface area contributed by atoms with Gasteiger partial charge in [-0.3, -0.25) is 14.8 Å². The quantitative estimate of drug-likeness (QED) is 0.399. The first-order valence-electron chi connectivity index (χ1n) is 9.41. The predicted octanol–water partition coefficient (Wildman–Crippen LogP) is 1.65. The highest BCUT2D eigenvalue weighted by atomic mass is 127. The number of pyridine rings is 1. The molecule has 0 saturated carbocycles. The number of guanidine groups is 1. The zero-order valence-electron chi connectivity index (χ0n) is 16.2. The average Bonchev–Trinajstić information content (AvgIpc) is 2.70. The van der Waals surface area contributed by atoms with Crippen LogP contribution < -0.4 is 5.32 Å². The van der Waals surface area contributed by atoms with Gasteiger partial charge in [-0.1, -0.05) is 6.07 Å². The molecule has 3 rings (SSSR count). The van der Waals surface area contributed by atoms with Crippen molar-refractivity contribution >= 4 is 35.8 Å². The number of carbonyl (C=O) groups is 1. The topological polar surface area (TPSA) is 70.1 Å². The smallest absolute Gasteiger partial charge is 0.225 e. The number of amides is 1. The summed E-state index contributed by atoms with van der Waals surface area (Å²) in [5.41, 5.74) is 2.20. The van der Waals surface area contributed by atoms with E-state index < -0.39 is 0 Å². The molecule has 150 valence electrons. The average molecular weight is 487 g/mol. The fraction of sp³-hybridized carbons (Fsp3) is 0.632. The number of piperidine rings is 1. The number of nitrogens with one attached hydrogen (secondary N) is 1. The fourth-order valence-corrected chi connectivity index (χ4v) is 3.58. The molecule has 0 atom stereocenters. The third-order valence-electron chi connectivity index (χ3n) is 5.21. The second-order valence-electron chi connectivity index (χ2n) is 6.87. The molecule has 1 N–H and O–H groups in total. The van der Waals surface area contributed by atoms with Crippen LogP contribution in [-0.4, -0.2) is 73.1 Å². The zero-order chi connectivity index (χ0) is 18.4. The van der Waals surface area contributed by atoms with Crippen molar-refractivity contribution in [3.05, 3.63) is 29.6 Å². The molecule has 2 saturated heterocycles. The molecule has 0 aromatic carbocycles. The molecule has 0 radical (unpaired) electrons. The molecule has 2 aliphatic rings. The van der Waals surface area contributed by atoms with Gasteiger partial charge in [-0.25, -0.2) is 0 Å². The van der Waals surface area contributed by atoms with Crippen LogP contribution >= 0.6 is 24.0 Å². The van der Waals surface area contributed by atoms with Gasteiger partial charge in [-0.2, -0.15) is 0 Å². The van der Waals surface area contributed by atoms with E-state index in [9.17, 15) is 4.79 Å². The van der Waals surface area contributed by atoms with Crippen molar-refractivity contribution in [3.63, 3.8) is 0 Å². The first kappa shape index (κ1) is 21.9. The third-order valence-corrected chi connectivity index (χ3v) is 5.21. The molecule has 0 spiro atoms. The summed E-state index contributed by atoms with van der Waals surface area (Å²) < 4.78 is 5.34. The van der Waals surface area contributed by atoms with Crippen LogP contribution in [0.5, 0.6) is 0 Å². The number of aliphatic imine (C=N–C) groups is 1. The number of aryl methyl sites for hydroxylation is 1. The second kappa shape index (κ2) is 10.8. The van der Waals surface area contributed by atoms with Crippen molar-refractivity contribution in [3.8, 4) is 0 Å². The van der Waals surface area contributed by atoms with Crippen molar-refractivity contribution in [2.75, 3.05) is 46.4 Å². The van der Waals surface area contributed by atoms with Crippen molar-refractivity contribution in [1.29, 1.82) is 0 Å². The highest BCUT2D eigenvalue weighted by molar-refractivity contribution is 14.0. The van der Waals surface area contributed by atoms with Gasteiger partial charge in [0, 0.05) is 45.3 Å². The molecule has 2 aliphatic heterocycles. The van der Waals surface area contributed by atoms with Crippen LogP contribution in [0.1, 0.15) is 24.1 Å². The number of carbonyl (C=O) groups excluding carboxylic acids is 1. The Balaban J connectivity index is 0.00000261. The van der Waals surface area contributed by atoms with E-state index in [1.54, 1.807) is 7.05 Å². The molecule has 27 heavy (non-hydrogen) atoms. The van der Waals surface area contributed by atoms with Crippen LogP contribution in [0.2, 0.25) is 0 Å². The number of likely N-dealkylation sites (tertiary alicyclic amines) is 1. The predicted molar refractivity (Wildman–Crippen MR) is 116 cm³/mol. The third kappa shape index (κ3) is 5.78. The lowest BCUT2D eigenvalue weighted by Crippen LogP contribution is -2.49. The Kier molecular flexibility index (Phi) is 8.75. The van der Waals surface area contributed by atoms with Crippen LogP contribution in [0, 0.1) is 12.8 Å². The number of aromatic nitrogens is 1. The first-order valence-corrected chi connectivity index (χ1v) is 9.41. The van der Waals surface area contributed by atoms with Gasteiger partial charge in [0.1, 0.15) is 0 Å². The van der Waals surface area contributed by atoms with E-state index in [0.717, 1.165) is 50.7 Å². The standard InChI is InChI=1S/C19H29N5O2.HI/c1-15-4-3-7-21-17(15)14-22-19(20-2)24-8-5-16(6-9-24)18(25)23-10-12-26-13-11-23;/h3-4,7,16H,5-6,8-14H2,1-2H3,(H,20,22);1H. The Morgan fingerprint density at radius 3 is 2.59 bits per heavy atom. The van der Waals surface area contributed by atoms with E-state index >= 15 is 0 Å². The SMILES string of the molecule is CN=C(NCc1ncccc1C)N1CCC(C(=O)N2CCOCC2)CC1.I. The Morgan fingerprint density at radius 2 is 1.96 bits per heavy atom. The van der Waals surface area contributed by atoms with Crippen molar-refractivity contribution < 1.29 is 9.53 Å². The number of halogens is 1. The van der Waals surface area contributed by atoms with Crippen LogP contribution in [0.4, 0.5) is 0 Å². The fourth-order valence-electron chi connectivity index (χ4n) is 3.58. The molecule has 8 heteroatoms. The largest absolute Gasteiger partial charge is 0.378 e. The number of hydrogen-bond acceptors (Lipinski definition) is 4. The van der Waals surface area contributed by atoms with Gasteiger partial charge in [-0.05, 0) is 31.4 Å². The van der Waals surface area contributed by atoms with Crippen LogP contribution in [0.3, 0.4) is 0 Å². The molecule has 1 aromatic heterocycles. The molecule has 1 aromatic rings. The first-order chi connectivity index (χ1) is 12.7. The van der Waals surface area contributed by atoms with Gasteiger partial charge in [-0.15, -0.1) is 24.0 Å². The van der Waals surface area contributed by atoms with Gasteiger partial charge in [0.15, 0.2) is 5.96 Å². The minimum absolute atomic E-state index is 0. The van der Waals surface area contributed by atoms with E-state index in [-0.39, 0.29) is 29.9 Å². The number of ether oxygens (including phenoxy) is 1. The summed E-state index contributed by atoms with van der Waals surface area (Å²) in [7, 11) is 1.80. The maximum Gasteiger partial charge on any atom is 0.225 e. The molecule has 0 unspecified atom stereocenters. The number of nitrogens with zero attached hydrogens (tertiary/aromatic N) is 4.